The highest BCUT2D eigenvalue weighted by atomic mass is 32.1. The molecule has 1 saturated heterocycles. The van der Waals surface area contributed by atoms with Crippen molar-refractivity contribution in [2.24, 2.45) is 5.92 Å². The summed E-state index contributed by atoms with van der Waals surface area (Å²) in [5.41, 5.74) is 0. The van der Waals surface area contributed by atoms with Crippen LogP contribution < -0.4 is 5.32 Å². The Morgan fingerprint density at radius 2 is 1.82 bits per heavy atom. The molecular formula is C17H29N3OS. The molecule has 0 radical (unpaired) electrons. The number of rotatable bonds is 7. The van der Waals surface area contributed by atoms with E-state index in [1.165, 1.54) is 9.75 Å². The molecule has 5 heteroatoms. The van der Waals surface area contributed by atoms with Gasteiger partial charge < -0.3 is 10.2 Å². The average Bonchev–Trinajstić information content (AvgIpc) is 2.95. The summed E-state index contributed by atoms with van der Waals surface area (Å²) in [6.07, 6.45) is 1.07. The molecule has 1 N–H and O–H groups in total. The number of carbonyl (C=O) groups is 1. The van der Waals surface area contributed by atoms with Gasteiger partial charge >= 0.3 is 0 Å². The van der Waals surface area contributed by atoms with Gasteiger partial charge in [0.15, 0.2) is 0 Å². The van der Waals surface area contributed by atoms with Gasteiger partial charge in [0.1, 0.15) is 0 Å². The predicted molar refractivity (Wildman–Crippen MR) is 93.3 cm³/mol. The Morgan fingerprint density at radius 3 is 2.41 bits per heavy atom. The van der Waals surface area contributed by atoms with Gasteiger partial charge in [-0.25, -0.2) is 0 Å². The fraction of sp³-hybridized carbons (Fsp3) is 0.706. The molecule has 0 saturated carbocycles. The minimum atomic E-state index is 0.142. The van der Waals surface area contributed by atoms with Crippen LogP contribution in [0.5, 0.6) is 0 Å². The van der Waals surface area contributed by atoms with E-state index in [-0.39, 0.29) is 5.91 Å². The van der Waals surface area contributed by atoms with Gasteiger partial charge in [0.05, 0.1) is 13.1 Å². The van der Waals surface area contributed by atoms with E-state index < -0.39 is 0 Å². The zero-order chi connectivity index (χ0) is 15.9. The van der Waals surface area contributed by atoms with Crippen LogP contribution in [0.25, 0.3) is 0 Å². The van der Waals surface area contributed by atoms with E-state index in [9.17, 15) is 4.79 Å². The van der Waals surface area contributed by atoms with Crippen LogP contribution in [0.15, 0.2) is 12.1 Å². The minimum absolute atomic E-state index is 0.142. The third-order valence-corrected chi connectivity index (χ3v) is 5.21. The van der Waals surface area contributed by atoms with Crippen LogP contribution in [0.1, 0.15) is 30.5 Å². The van der Waals surface area contributed by atoms with Gasteiger partial charge in [-0.2, -0.15) is 0 Å². The van der Waals surface area contributed by atoms with Gasteiger partial charge in [-0.3, -0.25) is 9.69 Å². The molecule has 2 heterocycles. The molecular weight excluding hydrogens is 294 g/mol. The van der Waals surface area contributed by atoms with E-state index in [4.69, 9.17) is 0 Å². The Balaban J connectivity index is 1.65. The zero-order valence-electron chi connectivity index (χ0n) is 14.1. The molecule has 124 valence electrons. The van der Waals surface area contributed by atoms with Crippen LogP contribution in [0, 0.1) is 5.92 Å². The first kappa shape index (κ1) is 17.4. The van der Waals surface area contributed by atoms with Crippen molar-refractivity contribution in [1.29, 1.82) is 0 Å². The van der Waals surface area contributed by atoms with E-state index in [0.717, 1.165) is 39.1 Å². The number of carbonyl (C=O) groups excluding carboxylic acids is 1. The quantitative estimate of drug-likeness (QED) is 0.835. The van der Waals surface area contributed by atoms with Gasteiger partial charge in [-0.05, 0) is 24.5 Å². The first-order chi connectivity index (χ1) is 10.6. The number of piperazine rings is 1. The molecule has 1 fully saturated rings. The summed E-state index contributed by atoms with van der Waals surface area (Å²) < 4.78 is 0. The summed E-state index contributed by atoms with van der Waals surface area (Å²) in [5, 5.41) is 3.04. The van der Waals surface area contributed by atoms with Crippen LogP contribution in [-0.4, -0.2) is 55.0 Å². The number of thiophene rings is 1. The van der Waals surface area contributed by atoms with Crippen molar-refractivity contribution in [3.63, 3.8) is 0 Å². The lowest BCUT2D eigenvalue weighted by Gasteiger charge is -2.35. The molecule has 1 amide bonds. The topological polar surface area (TPSA) is 35.6 Å². The predicted octanol–water partition coefficient (Wildman–Crippen LogP) is 2.20. The molecule has 0 aromatic carbocycles. The fourth-order valence-corrected chi connectivity index (χ4v) is 3.70. The van der Waals surface area contributed by atoms with Crippen LogP contribution in [0.2, 0.25) is 0 Å². The van der Waals surface area contributed by atoms with E-state index in [1.54, 1.807) is 11.3 Å². The minimum Gasteiger partial charge on any atom is -0.350 e. The van der Waals surface area contributed by atoms with Crippen molar-refractivity contribution < 1.29 is 4.79 Å². The molecule has 1 aliphatic heterocycles. The van der Waals surface area contributed by atoms with Crippen molar-refractivity contribution in [3.05, 3.63) is 21.9 Å². The number of hydrogen-bond acceptors (Lipinski definition) is 4. The van der Waals surface area contributed by atoms with Gasteiger partial charge in [0.2, 0.25) is 5.91 Å². The summed E-state index contributed by atoms with van der Waals surface area (Å²) in [4.78, 5) is 19.4. The highest BCUT2D eigenvalue weighted by Crippen LogP contribution is 2.16. The van der Waals surface area contributed by atoms with Crippen LogP contribution in [-0.2, 0) is 17.8 Å². The first-order valence-electron chi connectivity index (χ1n) is 8.35. The lowest BCUT2D eigenvalue weighted by Crippen LogP contribution is -2.50. The molecule has 1 aliphatic rings. The summed E-state index contributed by atoms with van der Waals surface area (Å²) in [5.74, 6) is 0.859. The van der Waals surface area contributed by atoms with Crippen molar-refractivity contribution in [2.45, 2.75) is 33.7 Å². The highest BCUT2D eigenvalue weighted by molar-refractivity contribution is 7.11. The molecule has 22 heavy (non-hydrogen) atoms. The number of amides is 1. The normalized spacial score (nSPS) is 17.1. The third kappa shape index (κ3) is 5.71. The van der Waals surface area contributed by atoms with Crippen molar-refractivity contribution in [1.82, 2.24) is 15.1 Å². The zero-order valence-corrected chi connectivity index (χ0v) is 14.9. The summed E-state index contributed by atoms with van der Waals surface area (Å²) >= 11 is 1.79. The van der Waals surface area contributed by atoms with Crippen molar-refractivity contribution in [3.8, 4) is 0 Å². The lowest BCUT2D eigenvalue weighted by molar-refractivity contribution is -0.122. The maximum absolute atomic E-state index is 12.1. The van der Waals surface area contributed by atoms with E-state index in [2.05, 4.69) is 48.0 Å². The summed E-state index contributed by atoms with van der Waals surface area (Å²) in [6.45, 7) is 13.2. The van der Waals surface area contributed by atoms with Gasteiger partial charge in [0, 0.05) is 42.5 Å². The van der Waals surface area contributed by atoms with Gasteiger partial charge in [-0.15, -0.1) is 11.3 Å². The average molecular weight is 324 g/mol. The Hall–Kier alpha value is -0.910. The Labute approximate surface area is 138 Å². The number of hydrogen-bond donors (Lipinski definition) is 1. The Morgan fingerprint density at radius 1 is 1.18 bits per heavy atom. The number of nitrogens with one attached hydrogen (secondary N) is 1. The third-order valence-electron chi connectivity index (χ3n) is 3.98. The second-order valence-corrected chi connectivity index (χ2v) is 7.72. The molecule has 2 rings (SSSR count). The van der Waals surface area contributed by atoms with Crippen LogP contribution in [0.3, 0.4) is 0 Å². The molecule has 0 spiro atoms. The maximum Gasteiger partial charge on any atom is 0.234 e. The van der Waals surface area contributed by atoms with Gasteiger partial charge in [-0.1, -0.05) is 20.8 Å². The number of nitrogens with zero attached hydrogens (tertiary/aromatic N) is 2. The van der Waals surface area contributed by atoms with Crippen LogP contribution >= 0.6 is 11.3 Å². The van der Waals surface area contributed by atoms with Crippen molar-refractivity contribution in [2.75, 3.05) is 39.3 Å². The second kappa shape index (κ2) is 8.65. The summed E-state index contributed by atoms with van der Waals surface area (Å²) in [6, 6.07) is 4.27. The van der Waals surface area contributed by atoms with Crippen LogP contribution in [0.4, 0.5) is 0 Å². The first-order valence-corrected chi connectivity index (χ1v) is 9.17. The highest BCUT2D eigenvalue weighted by Gasteiger charge is 2.19. The van der Waals surface area contributed by atoms with E-state index >= 15 is 0 Å². The molecule has 0 bridgehead atoms. The van der Waals surface area contributed by atoms with Gasteiger partial charge in [0.25, 0.3) is 0 Å². The van der Waals surface area contributed by atoms with E-state index in [0.29, 0.717) is 19.0 Å². The Kier molecular flexibility index (Phi) is 6.86. The molecule has 0 unspecified atom stereocenters. The monoisotopic (exact) mass is 323 g/mol. The molecule has 0 atom stereocenters. The SMILES string of the molecule is CCc1ccc(CNC(=O)CN2CCN(CC(C)C)CC2)s1. The largest absolute Gasteiger partial charge is 0.350 e. The van der Waals surface area contributed by atoms with Crippen molar-refractivity contribution >= 4 is 17.2 Å². The molecule has 1 aromatic rings. The molecule has 0 aliphatic carbocycles. The second-order valence-electron chi connectivity index (χ2n) is 6.47. The molecule has 1 aromatic heterocycles. The molecule has 4 nitrogen and oxygen atoms in total. The maximum atomic E-state index is 12.1. The Bertz CT molecular complexity index is 464. The number of aryl methyl sites for hydroxylation is 1. The fourth-order valence-electron chi connectivity index (χ4n) is 2.80. The standard InChI is InChI=1S/C17H29N3OS/c1-4-15-5-6-16(22-15)11-18-17(21)13-20-9-7-19(8-10-20)12-14(2)3/h5-6,14H,4,7-13H2,1-3H3,(H,18,21). The lowest BCUT2D eigenvalue weighted by atomic mass is 10.2. The summed E-state index contributed by atoms with van der Waals surface area (Å²) in [7, 11) is 0. The smallest absolute Gasteiger partial charge is 0.234 e. The van der Waals surface area contributed by atoms with E-state index in [1.807, 2.05) is 0 Å².